The molecule has 0 bridgehead atoms. The van der Waals surface area contributed by atoms with E-state index in [0.717, 1.165) is 19.3 Å². The largest absolute Gasteiger partial charge is 0.379 e. The van der Waals surface area contributed by atoms with Gasteiger partial charge in [0, 0.05) is 12.6 Å². The lowest BCUT2D eigenvalue weighted by Crippen LogP contribution is -2.44. The molecule has 0 aromatic heterocycles. The van der Waals surface area contributed by atoms with Crippen molar-refractivity contribution in [2.24, 2.45) is 0 Å². The van der Waals surface area contributed by atoms with Crippen LogP contribution in [0.5, 0.6) is 0 Å². The quantitative estimate of drug-likeness (QED) is 0.626. The molecule has 0 aliphatic heterocycles. The molecule has 1 unspecified atom stereocenters. The molecule has 20 heavy (non-hydrogen) atoms. The van der Waals surface area contributed by atoms with E-state index >= 15 is 0 Å². The van der Waals surface area contributed by atoms with Crippen LogP contribution < -0.4 is 5.32 Å². The molecule has 4 nitrogen and oxygen atoms in total. The van der Waals surface area contributed by atoms with Gasteiger partial charge in [0.1, 0.15) is 5.54 Å². The number of nitriles is 1. The summed E-state index contributed by atoms with van der Waals surface area (Å²) in [6.07, 6.45) is 5.05. The molecule has 0 aromatic rings. The highest BCUT2D eigenvalue weighted by Crippen LogP contribution is 2.26. The molecule has 1 N–H and O–H groups in total. The second kappa shape index (κ2) is 7.97. The predicted molar refractivity (Wildman–Crippen MR) is 80.6 cm³/mol. The van der Waals surface area contributed by atoms with Gasteiger partial charge in [0.15, 0.2) is 0 Å². The molecule has 0 amide bonds. The first kappa shape index (κ1) is 17.4. The Balaban J connectivity index is 2.10. The van der Waals surface area contributed by atoms with Crippen LogP contribution in [0.3, 0.4) is 0 Å². The molecule has 1 aliphatic rings. The number of nitrogens with zero attached hydrogens (tertiary/aromatic N) is 1. The van der Waals surface area contributed by atoms with Crippen LogP contribution in [0.25, 0.3) is 0 Å². The van der Waals surface area contributed by atoms with E-state index in [9.17, 15) is 5.26 Å². The van der Waals surface area contributed by atoms with E-state index < -0.39 is 0 Å². The molecule has 1 aliphatic carbocycles. The van der Waals surface area contributed by atoms with Crippen molar-refractivity contribution in [1.29, 1.82) is 5.26 Å². The van der Waals surface area contributed by atoms with E-state index in [1.807, 2.05) is 20.8 Å². The first-order valence-electron chi connectivity index (χ1n) is 7.81. The first-order chi connectivity index (χ1) is 9.41. The summed E-state index contributed by atoms with van der Waals surface area (Å²) in [4.78, 5) is 0. The lowest BCUT2D eigenvalue weighted by molar-refractivity contribution is -0.0354. The maximum atomic E-state index is 9.41. The van der Waals surface area contributed by atoms with Crippen LogP contribution in [0.2, 0.25) is 0 Å². The van der Waals surface area contributed by atoms with Gasteiger partial charge in [-0.15, -0.1) is 0 Å². The fourth-order valence-electron chi connectivity index (χ4n) is 2.12. The van der Waals surface area contributed by atoms with Gasteiger partial charge in [0.25, 0.3) is 0 Å². The smallest absolute Gasteiger partial charge is 0.106 e. The van der Waals surface area contributed by atoms with Gasteiger partial charge >= 0.3 is 0 Å². The fraction of sp³-hybridized carbons (Fsp3) is 0.938. The monoisotopic (exact) mass is 282 g/mol. The summed E-state index contributed by atoms with van der Waals surface area (Å²) >= 11 is 0. The summed E-state index contributed by atoms with van der Waals surface area (Å²) < 4.78 is 11.2. The van der Waals surface area contributed by atoms with Crippen LogP contribution >= 0.6 is 0 Å². The van der Waals surface area contributed by atoms with Gasteiger partial charge in [-0.3, -0.25) is 5.32 Å². The van der Waals surface area contributed by atoms with Gasteiger partial charge < -0.3 is 9.47 Å². The molecule has 0 radical (unpaired) electrons. The SMILES string of the molecule is CCC(C#N)(CCCOCCOC(C)(C)C)NC1CC1. The molecule has 0 heterocycles. The molecule has 0 spiro atoms. The number of rotatable bonds is 10. The molecule has 116 valence electrons. The second-order valence-corrected chi connectivity index (χ2v) is 6.64. The number of nitrogens with one attached hydrogen (secondary N) is 1. The second-order valence-electron chi connectivity index (χ2n) is 6.64. The van der Waals surface area contributed by atoms with E-state index in [-0.39, 0.29) is 11.1 Å². The molecule has 1 atom stereocenters. The highest BCUT2D eigenvalue weighted by Gasteiger charge is 2.34. The third-order valence-corrected chi connectivity index (χ3v) is 3.53. The maximum absolute atomic E-state index is 9.41. The fourth-order valence-corrected chi connectivity index (χ4v) is 2.12. The van der Waals surface area contributed by atoms with Crippen LogP contribution in [-0.4, -0.2) is 37.0 Å². The Bertz CT molecular complexity index is 315. The van der Waals surface area contributed by atoms with Crippen molar-refractivity contribution in [3.05, 3.63) is 0 Å². The topological polar surface area (TPSA) is 54.3 Å². The molecule has 0 saturated heterocycles. The summed E-state index contributed by atoms with van der Waals surface area (Å²) in [5.74, 6) is 0. The third-order valence-electron chi connectivity index (χ3n) is 3.53. The van der Waals surface area contributed by atoms with Gasteiger partial charge in [-0.2, -0.15) is 5.26 Å². The average molecular weight is 282 g/mol. The summed E-state index contributed by atoms with van der Waals surface area (Å²) in [5.41, 5.74) is -0.456. The summed E-state index contributed by atoms with van der Waals surface area (Å²) in [7, 11) is 0. The van der Waals surface area contributed by atoms with Gasteiger partial charge in [0.2, 0.25) is 0 Å². The summed E-state index contributed by atoms with van der Waals surface area (Å²) in [6.45, 7) is 10.1. The molecular weight excluding hydrogens is 252 g/mol. The Labute approximate surface area is 123 Å². The van der Waals surface area contributed by atoms with Crippen molar-refractivity contribution in [2.45, 2.75) is 77.0 Å². The summed E-state index contributed by atoms with van der Waals surface area (Å²) in [6, 6.07) is 3.03. The van der Waals surface area contributed by atoms with Gasteiger partial charge in [-0.1, -0.05) is 6.92 Å². The molecular formula is C16H30N2O2. The standard InChI is InChI=1S/C16H30N2O2/c1-5-16(13-17,18-14-7-8-14)9-6-10-19-11-12-20-15(2,3)4/h14,18H,5-12H2,1-4H3. The lowest BCUT2D eigenvalue weighted by Gasteiger charge is -2.26. The van der Waals surface area contributed by atoms with Gasteiger partial charge in [-0.05, 0) is 52.9 Å². The van der Waals surface area contributed by atoms with Crippen LogP contribution in [0.4, 0.5) is 0 Å². The Morgan fingerprint density at radius 1 is 1.20 bits per heavy atom. The normalized spacial score (nSPS) is 18.6. The average Bonchev–Trinajstić information content (AvgIpc) is 3.19. The zero-order valence-corrected chi connectivity index (χ0v) is 13.5. The minimum atomic E-state index is -0.355. The Kier molecular flexibility index (Phi) is 6.94. The number of ether oxygens (including phenoxy) is 2. The molecule has 1 fully saturated rings. The van der Waals surface area contributed by atoms with E-state index in [1.165, 1.54) is 12.8 Å². The molecule has 1 rings (SSSR count). The van der Waals surface area contributed by atoms with Crippen molar-refractivity contribution in [1.82, 2.24) is 5.32 Å². The highest BCUT2D eigenvalue weighted by molar-refractivity contribution is 5.09. The number of hydrogen-bond acceptors (Lipinski definition) is 4. The zero-order valence-electron chi connectivity index (χ0n) is 13.5. The minimum absolute atomic E-state index is 0.101. The van der Waals surface area contributed by atoms with Crippen molar-refractivity contribution in [3.8, 4) is 6.07 Å². The van der Waals surface area contributed by atoms with Crippen molar-refractivity contribution < 1.29 is 9.47 Å². The van der Waals surface area contributed by atoms with E-state index in [0.29, 0.717) is 25.9 Å². The third kappa shape index (κ3) is 7.23. The molecule has 0 aromatic carbocycles. The number of hydrogen-bond donors (Lipinski definition) is 1. The van der Waals surface area contributed by atoms with Crippen molar-refractivity contribution in [2.75, 3.05) is 19.8 Å². The van der Waals surface area contributed by atoms with Crippen molar-refractivity contribution >= 4 is 0 Å². The van der Waals surface area contributed by atoms with Crippen LogP contribution in [-0.2, 0) is 9.47 Å². The Morgan fingerprint density at radius 3 is 2.40 bits per heavy atom. The van der Waals surface area contributed by atoms with Crippen LogP contribution in [0.1, 0.15) is 59.8 Å². The van der Waals surface area contributed by atoms with E-state index in [1.54, 1.807) is 0 Å². The Hall–Kier alpha value is -0.630. The molecule has 4 heteroatoms. The van der Waals surface area contributed by atoms with Crippen LogP contribution in [0, 0.1) is 11.3 Å². The first-order valence-corrected chi connectivity index (χ1v) is 7.81. The van der Waals surface area contributed by atoms with Gasteiger partial charge in [0.05, 0.1) is 24.9 Å². The summed E-state index contributed by atoms with van der Waals surface area (Å²) in [5, 5.41) is 12.9. The van der Waals surface area contributed by atoms with Crippen molar-refractivity contribution in [3.63, 3.8) is 0 Å². The lowest BCUT2D eigenvalue weighted by atomic mass is 9.92. The van der Waals surface area contributed by atoms with Gasteiger partial charge in [-0.25, -0.2) is 0 Å². The van der Waals surface area contributed by atoms with E-state index in [2.05, 4.69) is 18.3 Å². The van der Waals surface area contributed by atoms with E-state index in [4.69, 9.17) is 9.47 Å². The predicted octanol–water partition coefficient (Wildman–Crippen LogP) is 3.02. The highest BCUT2D eigenvalue weighted by atomic mass is 16.5. The molecule has 1 saturated carbocycles. The Morgan fingerprint density at radius 2 is 1.90 bits per heavy atom. The maximum Gasteiger partial charge on any atom is 0.106 e. The minimum Gasteiger partial charge on any atom is -0.379 e. The van der Waals surface area contributed by atoms with Crippen LogP contribution in [0.15, 0.2) is 0 Å². The zero-order chi connectivity index (χ0) is 15.1.